The van der Waals surface area contributed by atoms with Gasteiger partial charge >= 0.3 is 0 Å². The molecule has 0 aliphatic rings. The van der Waals surface area contributed by atoms with Crippen molar-refractivity contribution in [2.75, 3.05) is 20.2 Å². The van der Waals surface area contributed by atoms with Gasteiger partial charge in [-0.3, -0.25) is 9.59 Å². The fourth-order valence-corrected chi connectivity index (χ4v) is 1.85. The summed E-state index contributed by atoms with van der Waals surface area (Å²) >= 11 is 3.29. The highest BCUT2D eigenvalue weighted by molar-refractivity contribution is 9.10. The summed E-state index contributed by atoms with van der Waals surface area (Å²) in [5, 5.41) is 11.8. The molecule has 0 fully saturated rings. The molecule has 0 aromatic heterocycles. The molecule has 0 radical (unpaired) electrons. The highest BCUT2D eigenvalue weighted by Gasteiger charge is 2.26. The van der Waals surface area contributed by atoms with E-state index in [-0.39, 0.29) is 25.0 Å². The molecule has 0 aliphatic heterocycles. The van der Waals surface area contributed by atoms with Crippen molar-refractivity contribution < 1.29 is 14.7 Å². The maximum absolute atomic E-state index is 11.9. The summed E-state index contributed by atoms with van der Waals surface area (Å²) in [5.41, 5.74) is -0.173. The lowest BCUT2D eigenvalue weighted by atomic mass is 10.1. The summed E-state index contributed by atoms with van der Waals surface area (Å²) in [6.07, 6.45) is 0. The van der Waals surface area contributed by atoms with Gasteiger partial charge in [0.1, 0.15) is 0 Å². The molecule has 110 valence electrons. The van der Waals surface area contributed by atoms with Crippen molar-refractivity contribution in [2.45, 2.75) is 19.4 Å². The second-order valence-corrected chi connectivity index (χ2v) is 6.03. The van der Waals surface area contributed by atoms with Gasteiger partial charge in [0, 0.05) is 17.1 Å². The first kappa shape index (κ1) is 16.7. The van der Waals surface area contributed by atoms with Crippen LogP contribution < -0.4 is 5.32 Å². The number of likely N-dealkylation sites (N-methyl/N-ethyl adjacent to an activating group) is 1. The lowest BCUT2D eigenvalue weighted by molar-refractivity contribution is -0.134. The van der Waals surface area contributed by atoms with Crippen molar-refractivity contribution in [3.8, 4) is 0 Å². The number of benzene rings is 1. The fraction of sp³-hybridized carbons (Fsp3) is 0.429. The van der Waals surface area contributed by atoms with Crippen LogP contribution in [0.3, 0.4) is 0 Å². The Kier molecular flexibility index (Phi) is 5.71. The maximum Gasteiger partial charge on any atom is 0.251 e. The predicted octanol–water partition coefficient (Wildman–Crippen LogP) is 1.41. The number of aliphatic hydroxyl groups is 1. The summed E-state index contributed by atoms with van der Waals surface area (Å²) in [6.45, 7) is 3.25. The molecule has 0 saturated carbocycles. The molecule has 2 N–H and O–H groups in total. The van der Waals surface area contributed by atoms with Crippen molar-refractivity contribution in [1.82, 2.24) is 10.2 Å². The molecule has 0 heterocycles. The Labute approximate surface area is 127 Å². The first-order chi connectivity index (χ1) is 9.27. The molecule has 1 aromatic rings. The van der Waals surface area contributed by atoms with Crippen molar-refractivity contribution in [1.29, 1.82) is 0 Å². The topological polar surface area (TPSA) is 69.6 Å². The largest absolute Gasteiger partial charge is 0.394 e. The Balaban J connectivity index is 2.59. The Morgan fingerprint density at radius 1 is 1.40 bits per heavy atom. The van der Waals surface area contributed by atoms with E-state index in [0.29, 0.717) is 5.56 Å². The number of hydrogen-bond donors (Lipinski definition) is 2. The van der Waals surface area contributed by atoms with Crippen LogP contribution in [0.2, 0.25) is 0 Å². The molecule has 1 rings (SSSR count). The molecule has 0 aliphatic carbocycles. The summed E-state index contributed by atoms with van der Waals surface area (Å²) in [6, 6.07) is 6.93. The van der Waals surface area contributed by atoms with Gasteiger partial charge in [0.05, 0.1) is 18.7 Å². The predicted molar refractivity (Wildman–Crippen MR) is 80.4 cm³/mol. The number of aliphatic hydroxyl groups excluding tert-OH is 1. The van der Waals surface area contributed by atoms with Gasteiger partial charge in [-0.2, -0.15) is 0 Å². The van der Waals surface area contributed by atoms with E-state index in [1.165, 1.54) is 4.90 Å². The molecule has 0 bridgehead atoms. The van der Waals surface area contributed by atoms with E-state index < -0.39 is 5.54 Å². The summed E-state index contributed by atoms with van der Waals surface area (Å²) in [5.74, 6) is -0.567. The average molecular weight is 343 g/mol. The molecule has 0 spiro atoms. The van der Waals surface area contributed by atoms with E-state index >= 15 is 0 Å². The maximum atomic E-state index is 11.9. The van der Waals surface area contributed by atoms with E-state index in [4.69, 9.17) is 0 Å². The number of amides is 2. The molecular weight excluding hydrogens is 324 g/mol. The van der Waals surface area contributed by atoms with Crippen molar-refractivity contribution in [3.63, 3.8) is 0 Å². The van der Waals surface area contributed by atoms with Gasteiger partial charge in [-0.1, -0.05) is 22.0 Å². The van der Waals surface area contributed by atoms with Crippen LogP contribution in [-0.4, -0.2) is 47.6 Å². The minimum Gasteiger partial charge on any atom is -0.394 e. The van der Waals surface area contributed by atoms with E-state index in [1.807, 2.05) is 6.07 Å². The zero-order valence-corrected chi connectivity index (χ0v) is 13.4. The molecule has 2 amide bonds. The quantitative estimate of drug-likeness (QED) is 0.849. The highest BCUT2D eigenvalue weighted by Crippen LogP contribution is 2.12. The van der Waals surface area contributed by atoms with Gasteiger partial charge < -0.3 is 15.3 Å². The van der Waals surface area contributed by atoms with Crippen LogP contribution in [0.15, 0.2) is 28.7 Å². The van der Waals surface area contributed by atoms with Crippen LogP contribution in [0.1, 0.15) is 24.2 Å². The lowest BCUT2D eigenvalue weighted by Crippen LogP contribution is -2.50. The highest BCUT2D eigenvalue weighted by atomic mass is 79.9. The molecule has 0 unspecified atom stereocenters. The monoisotopic (exact) mass is 342 g/mol. The van der Waals surface area contributed by atoms with Crippen LogP contribution >= 0.6 is 15.9 Å². The third-order valence-corrected chi connectivity index (χ3v) is 3.65. The van der Waals surface area contributed by atoms with Gasteiger partial charge in [0.2, 0.25) is 5.91 Å². The van der Waals surface area contributed by atoms with E-state index in [0.717, 1.165) is 4.47 Å². The average Bonchev–Trinajstić information content (AvgIpc) is 2.43. The van der Waals surface area contributed by atoms with E-state index in [9.17, 15) is 14.7 Å². The van der Waals surface area contributed by atoms with Gasteiger partial charge in [0.25, 0.3) is 5.91 Å². The van der Waals surface area contributed by atoms with Crippen molar-refractivity contribution >= 4 is 27.7 Å². The number of hydrogen-bond acceptors (Lipinski definition) is 3. The summed E-state index contributed by atoms with van der Waals surface area (Å²) in [4.78, 5) is 25.3. The first-order valence-corrected chi connectivity index (χ1v) is 6.98. The third kappa shape index (κ3) is 4.31. The van der Waals surface area contributed by atoms with E-state index in [1.54, 1.807) is 39.1 Å². The van der Waals surface area contributed by atoms with Crippen LogP contribution in [0.4, 0.5) is 0 Å². The Morgan fingerprint density at radius 3 is 2.60 bits per heavy atom. The second kappa shape index (κ2) is 6.85. The number of halogens is 1. The second-order valence-electron chi connectivity index (χ2n) is 5.12. The third-order valence-electron chi connectivity index (χ3n) is 3.16. The SMILES string of the molecule is CN(C(=O)CNC(=O)c1cccc(Br)c1)C(C)(C)CO. The van der Waals surface area contributed by atoms with Crippen LogP contribution in [-0.2, 0) is 4.79 Å². The Morgan fingerprint density at radius 2 is 2.05 bits per heavy atom. The Hall–Kier alpha value is -1.40. The zero-order chi connectivity index (χ0) is 15.3. The van der Waals surface area contributed by atoms with Crippen LogP contribution in [0, 0.1) is 0 Å². The zero-order valence-electron chi connectivity index (χ0n) is 11.8. The molecule has 0 saturated heterocycles. The number of carbonyl (C=O) groups is 2. The normalized spacial score (nSPS) is 11.1. The molecule has 0 atom stereocenters. The molecule has 6 heteroatoms. The number of nitrogens with one attached hydrogen (secondary N) is 1. The number of carbonyl (C=O) groups excluding carboxylic acids is 2. The first-order valence-electron chi connectivity index (χ1n) is 6.19. The van der Waals surface area contributed by atoms with Crippen molar-refractivity contribution in [3.05, 3.63) is 34.3 Å². The fourth-order valence-electron chi connectivity index (χ4n) is 1.45. The molecule has 5 nitrogen and oxygen atoms in total. The van der Waals surface area contributed by atoms with Gasteiger partial charge in [-0.25, -0.2) is 0 Å². The molecular formula is C14H19BrN2O3. The number of nitrogens with zero attached hydrogens (tertiary/aromatic N) is 1. The van der Waals surface area contributed by atoms with Crippen molar-refractivity contribution in [2.24, 2.45) is 0 Å². The number of rotatable bonds is 5. The van der Waals surface area contributed by atoms with Gasteiger partial charge in [0.15, 0.2) is 0 Å². The van der Waals surface area contributed by atoms with Gasteiger partial charge in [-0.05, 0) is 32.0 Å². The summed E-state index contributed by atoms with van der Waals surface area (Å²) < 4.78 is 0.801. The lowest BCUT2D eigenvalue weighted by Gasteiger charge is -2.33. The smallest absolute Gasteiger partial charge is 0.251 e. The molecule has 1 aromatic carbocycles. The Bertz CT molecular complexity index is 503. The van der Waals surface area contributed by atoms with Crippen LogP contribution in [0.25, 0.3) is 0 Å². The standard InChI is InChI=1S/C14H19BrN2O3/c1-14(2,9-18)17(3)12(19)8-16-13(20)10-5-4-6-11(15)7-10/h4-7,18H,8-9H2,1-3H3,(H,16,20). The van der Waals surface area contributed by atoms with Crippen LogP contribution in [0.5, 0.6) is 0 Å². The van der Waals surface area contributed by atoms with E-state index in [2.05, 4.69) is 21.2 Å². The van der Waals surface area contributed by atoms with Gasteiger partial charge in [-0.15, -0.1) is 0 Å². The minimum atomic E-state index is -0.655. The summed E-state index contributed by atoms with van der Waals surface area (Å²) in [7, 11) is 1.60. The minimum absolute atomic E-state index is 0.106. The molecule has 20 heavy (non-hydrogen) atoms.